The van der Waals surface area contributed by atoms with Gasteiger partial charge in [-0.2, -0.15) is 16.9 Å². The van der Waals surface area contributed by atoms with Crippen LogP contribution in [0.3, 0.4) is 0 Å². The lowest BCUT2D eigenvalue weighted by Crippen LogP contribution is -2.15. The fourth-order valence-electron chi connectivity index (χ4n) is 2.30. The summed E-state index contributed by atoms with van der Waals surface area (Å²) >= 11 is 1.73. The molecular weight excluding hydrogens is 248 g/mol. The number of aryl methyl sites for hydroxylation is 2. The summed E-state index contributed by atoms with van der Waals surface area (Å²) in [6, 6.07) is 0. The quantitative estimate of drug-likeness (QED) is 0.846. The number of aromatic amines is 1. The van der Waals surface area contributed by atoms with Crippen LogP contribution >= 0.6 is 11.8 Å². The zero-order chi connectivity index (χ0) is 12.9. The summed E-state index contributed by atoms with van der Waals surface area (Å²) < 4.78 is 1.81. The van der Waals surface area contributed by atoms with Gasteiger partial charge in [0.15, 0.2) is 0 Å². The van der Waals surface area contributed by atoms with Crippen LogP contribution in [-0.2, 0) is 18.6 Å². The van der Waals surface area contributed by atoms with Gasteiger partial charge in [0.25, 0.3) is 5.56 Å². The van der Waals surface area contributed by atoms with Crippen LogP contribution < -0.4 is 5.56 Å². The molecule has 0 unspecified atom stereocenters. The van der Waals surface area contributed by atoms with Crippen molar-refractivity contribution in [3.8, 4) is 11.4 Å². The predicted molar refractivity (Wildman–Crippen MR) is 71.5 cm³/mol. The molecule has 18 heavy (non-hydrogen) atoms. The van der Waals surface area contributed by atoms with Gasteiger partial charge in [0.1, 0.15) is 5.82 Å². The van der Waals surface area contributed by atoms with Crippen LogP contribution in [0.4, 0.5) is 0 Å². The minimum Gasteiger partial charge on any atom is -0.306 e. The number of nitrogens with zero attached hydrogens (tertiary/aromatic N) is 3. The molecule has 2 aromatic heterocycles. The summed E-state index contributed by atoms with van der Waals surface area (Å²) in [5.74, 6) is 2.23. The van der Waals surface area contributed by atoms with Crippen LogP contribution in [0.2, 0.25) is 0 Å². The monoisotopic (exact) mass is 262 g/mol. The third-order valence-electron chi connectivity index (χ3n) is 3.33. The minimum atomic E-state index is -0.0114. The van der Waals surface area contributed by atoms with E-state index in [0.29, 0.717) is 5.82 Å². The Labute approximate surface area is 109 Å². The summed E-state index contributed by atoms with van der Waals surface area (Å²) in [4.78, 5) is 19.5. The highest BCUT2D eigenvalue weighted by molar-refractivity contribution is 7.98. The second kappa shape index (κ2) is 3.98. The first kappa shape index (κ1) is 11.5. The molecule has 0 radical (unpaired) electrons. The van der Waals surface area contributed by atoms with Gasteiger partial charge in [0, 0.05) is 29.8 Å². The van der Waals surface area contributed by atoms with Gasteiger partial charge in [-0.15, -0.1) is 0 Å². The molecule has 0 amide bonds. The first-order chi connectivity index (χ1) is 8.58. The van der Waals surface area contributed by atoms with Crippen LogP contribution in [0.5, 0.6) is 0 Å². The number of hydrogen-bond donors (Lipinski definition) is 1. The molecule has 1 N–H and O–H groups in total. The Balaban J connectivity index is 2.24. The lowest BCUT2D eigenvalue weighted by molar-refractivity contribution is 0.731. The highest BCUT2D eigenvalue weighted by Crippen LogP contribution is 2.28. The van der Waals surface area contributed by atoms with E-state index in [2.05, 4.69) is 15.1 Å². The largest absolute Gasteiger partial charge is 0.306 e. The van der Waals surface area contributed by atoms with Crippen LogP contribution in [0, 0.1) is 13.8 Å². The van der Waals surface area contributed by atoms with Gasteiger partial charge in [-0.05, 0) is 13.8 Å². The molecule has 0 saturated heterocycles. The first-order valence-corrected chi connectivity index (χ1v) is 6.93. The van der Waals surface area contributed by atoms with E-state index in [4.69, 9.17) is 0 Å². The molecule has 0 bridgehead atoms. The molecule has 3 rings (SSSR count). The number of hydrogen-bond acceptors (Lipinski definition) is 4. The highest BCUT2D eigenvalue weighted by atomic mass is 32.2. The molecule has 0 saturated carbocycles. The van der Waals surface area contributed by atoms with E-state index in [0.717, 1.165) is 39.7 Å². The van der Waals surface area contributed by atoms with Crippen molar-refractivity contribution in [2.45, 2.75) is 25.4 Å². The molecule has 0 fully saturated rings. The molecule has 2 aromatic rings. The van der Waals surface area contributed by atoms with E-state index in [9.17, 15) is 4.79 Å². The van der Waals surface area contributed by atoms with Gasteiger partial charge in [-0.25, -0.2) is 4.98 Å². The van der Waals surface area contributed by atoms with Crippen LogP contribution in [0.1, 0.15) is 22.6 Å². The molecule has 94 valence electrons. The minimum absolute atomic E-state index is 0.0114. The van der Waals surface area contributed by atoms with Crippen molar-refractivity contribution in [3.63, 3.8) is 0 Å². The molecule has 1 aliphatic heterocycles. The smallest absolute Gasteiger partial charge is 0.255 e. The number of nitrogens with one attached hydrogen (secondary N) is 1. The lowest BCUT2D eigenvalue weighted by atomic mass is 10.1. The Bertz CT molecular complexity index is 686. The van der Waals surface area contributed by atoms with Gasteiger partial charge < -0.3 is 4.98 Å². The van der Waals surface area contributed by atoms with E-state index >= 15 is 0 Å². The van der Waals surface area contributed by atoms with Gasteiger partial charge in [-0.1, -0.05) is 0 Å². The van der Waals surface area contributed by atoms with E-state index in [1.54, 1.807) is 11.8 Å². The standard InChI is InChI=1S/C12H14N4OS/c1-6-10(7(2)16(3)15-6)11-13-9-5-18-4-8(9)12(17)14-11/h4-5H2,1-3H3,(H,13,14,17). The Kier molecular flexibility index (Phi) is 2.55. The van der Waals surface area contributed by atoms with Crippen molar-refractivity contribution in [2.24, 2.45) is 7.05 Å². The number of aromatic nitrogens is 4. The molecule has 5 nitrogen and oxygen atoms in total. The Morgan fingerprint density at radius 1 is 1.33 bits per heavy atom. The van der Waals surface area contributed by atoms with Gasteiger partial charge in [0.05, 0.1) is 17.0 Å². The topological polar surface area (TPSA) is 63.6 Å². The fourth-order valence-corrected chi connectivity index (χ4v) is 3.33. The summed E-state index contributed by atoms with van der Waals surface area (Å²) in [5, 5.41) is 4.36. The third-order valence-corrected chi connectivity index (χ3v) is 4.30. The Hall–Kier alpha value is -1.56. The second-order valence-electron chi connectivity index (χ2n) is 4.50. The average molecular weight is 262 g/mol. The molecule has 0 aliphatic carbocycles. The maximum Gasteiger partial charge on any atom is 0.255 e. The number of thioether (sulfide) groups is 1. The maximum absolute atomic E-state index is 12.0. The SMILES string of the molecule is Cc1nn(C)c(C)c1-c1nc2c(c(=O)[nH]1)CSC2. The van der Waals surface area contributed by atoms with Gasteiger partial charge in [-0.3, -0.25) is 9.48 Å². The molecule has 0 aromatic carbocycles. The molecule has 1 aliphatic rings. The van der Waals surface area contributed by atoms with Crippen LogP contribution in [0.15, 0.2) is 4.79 Å². The number of fused-ring (bicyclic) bond motifs is 1. The van der Waals surface area contributed by atoms with Gasteiger partial charge >= 0.3 is 0 Å². The van der Waals surface area contributed by atoms with Crippen molar-refractivity contribution >= 4 is 11.8 Å². The Morgan fingerprint density at radius 3 is 2.78 bits per heavy atom. The van der Waals surface area contributed by atoms with Crippen molar-refractivity contribution in [2.75, 3.05) is 0 Å². The fraction of sp³-hybridized carbons (Fsp3) is 0.417. The maximum atomic E-state index is 12.0. The zero-order valence-electron chi connectivity index (χ0n) is 10.6. The first-order valence-electron chi connectivity index (χ1n) is 5.78. The lowest BCUT2D eigenvalue weighted by Gasteiger charge is -2.04. The summed E-state index contributed by atoms with van der Waals surface area (Å²) in [7, 11) is 1.90. The number of rotatable bonds is 1. The van der Waals surface area contributed by atoms with E-state index in [1.807, 2.05) is 25.6 Å². The molecule has 0 atom stereocenters. The van der Waals surface area contributed by atoms with E-state index < -0.39 is 0 Å². The summed E-state index contributed by atoms with van der Waals surface area (Å²) in [5.41, 5.74) is 4.58. The van der Waals surface area contributed by atoms with Crippen molar-refractivity contribution in [1.82, 2.24) is 19.7 Å². The van der Waals surface area contributed by atoms with Crippen molar-refractivity contribution in [3.05, 3.63) is 33.0 Å². The number of H-pyrrole nitrogens is 1. The van der Waals surface area contributed by atoms with E-state index in [-0.39, 0.29) is 5.56 Å². The van der Waals surface area contributed by atoms with Gasteiger partial charge in [0.2, 0.25) is 0 Å². The third kappa shape index (κ3) is 1.59. The molecular formula is C12H14N4OS. The predicted octanol–water partition coefficient (Wildman–Crippen LogP) is 1.53. The molecule has 6 heteroatoms. The summed E-state index contributed by atoms with van der Waals surface area (Å²) in [6.45, 7) is 3.92. The Morgan fingerprint density at radius 2 is 2.11 bits per heavy atom. The van der Waals surface area contributed by atoms with Crippen molar-refractivity contribution in [1.29, 1.82) is 0 Å². The molecule has 3 heterocycles. The zero-order valence-corrected chi connectivity index (χ0v) is 11.4. The summed E-state index contributed by atoms with van der Waals surface area (Å²) in [6.07, 6.45) is 0. The van der Waals surface area contributed by atoms with Crippen LogP contribution in [0.25, 0.3) is 11.4 Å². The highest BCUT2D eigenvalue weighted by Gasteiger charge is 2.20. The van der Waals surface area contributed by atoms with Crippen molar-refractivity contribution < 1.29 is 0 Å². The van der Waals surface area contributed by atoms with E-state index in [1.165, 1.54) is 0 Å². The average Bonchev–Trinajstić information content (AvgIpc) is 2.85. The molecule has 0 spiro atoms. The normalized spacial score (nSPS) is 13.9. The van der Waals surface area contributed by atoms with Crippen LogP contribution in [-0.4, -0.2) is 19.7 Å². The second-order valence-corrected chi connectivity index (χ2v) is 5.49.